The number of hydrogen-bond donors (Lipinski definition) is 2. The van der Waals surface area contributed by atoms with Crippen LogP contribution in [0, 0.1) is 5.92 Å². The first-order valence-electron chi connectivity index (χ1n) is 13.4. The molecule has 3 N–H and O–H groups in total. The van der Waals surface area contributed by atoms with Crippen LogP contribution in [0.4, 0.5) is 26.1 Å². The number of carbonyl (C=O) groups is 2. The summed E-state index contributed by atoms with van der Waals surface area (Å²) in [5, 5.41) is 3.01. The van der Waals surface area contributed by atoms with Gasteiger partial charge in [-0.25, -0.2) is 13.8 Å². The van der Waals surface area contributed by atoms with E-state index >= 15 is 0 Å². The van der Waals surface area contributed by atoms with Gasteiger partial charge in [0.2, 0.25) is 5.91 Å². The lowest BCUT2D eigenvalue weighted by Gasteiger charge is -2.47. The van der Waals surface area contributed by atoms with Crippen LogP contribution >= 0.6 is 11.6 Å². The lowest BCUT2D eigenvalue weighted by atomic mass is 9.74. The number of halogens is 3. The van der Waals surface area contributed by atoms with Crippen molar-refractivity contribution in [3.8, 4) is 0 Å². The highest BCUT2D eigenvalue weighted by Crippen LogP contribution is 2.49. The normalized spacial score (nSPS) is 21.4. The third-order valence-corrected chi connectivity index (χ3v) is 8.53. The molecule has 1 saturated carbocycles. The minimum Gasteiger partial charge on any atom is -0.384 e. The molecule has 1 saturated heterocycles. The van der Waals surface area contributed by atoms with E-state index in [0.717, 1.165) is 36.1 Å². The molecule has 3 aliphatic rings. The summed E-state index contributed by atoms with van der Waals surface area (Å²) in [4.78, 5) is 38.7. The first-order chi connectivity index (χ1) is 19.2. The summed E-state index contributed by atoms with van der Waals surface area (Å²) in [5.41, 5.74) is 6.50. The summed E-state index contributed by atoms with van der Waals surface area (Å²) in [6, 6.07) is 14.6. The van der Waals surface area contributed by atoms with E-state index in [4.69, 9.17) is 17.3 Å². The van der Waals surface area contributed by atoms with Crippen LogP contribution in [0.2, 0.25) is 5.02 Å². The van der Waals surface area contributed by atoms with Crippen molar-refractivity contribution in [3.63, 3.8) is 0 Å². The van der Waals surface area contributed by atoms with E-state index in [0.29, 0.717) is 38.3 Å². The standard InChI is InChI=1S/C29H29ClF2N6O2/c30-18-12-20(25(26(31)32)34-13-18)27(39)35-19-10-8-17(9-11-19)14-38-22-5-2-1-4-21(22)29(28(38)40)15-37(16-29)24-7-3-6-23(33)36-24/h1-7,12-13,17,19,26H,8-11,14-16H2,(H2,33,36)(H,35,39). The predicted octanol–water partition coefficient (Wildman–Crippen LogP) is 4.74. The van der Waals surface area contributed by atoms with Gasteiger partial charge in [0.05, 0.1) is 10.6 Å². The molecule has 0 atom stereocenters. The smallest absolute Gasteiger partial charge is 0.281 e. The molecule has 11 heteroatoms. The van der Waals surface area contributed by atoms with Crippen LogP contribution in [0.1, 0.15) is 53.7 Å². The summed E-state index contributed by atoms with van der Waals surface area (Å²) >= 11 is 5.91. The lowest BCUT2D eigenvalue weighted by molar-refractivity contribution is -0.124. The topological polar surface area (TPSA) is 104 Å². The molecule has 2 fully saturated rings. The maximum Gasteiger partial charge on any atom is 0.281 e. The molecule has 1 aliphatic carbocycles. The first kappa shape index (κ1) is 26.4. The van der Waals surface area contributed by atoms with Crippen molar-refractivity contribution in [3.05, 3.63) is 76.6 Å². The molecule has 3 aromatic rings. The fraction of sp³-hybridized carbons (Fsp3) is 0.379. The maximum absolute atomic E-state index is 13.9. The number of amides is 2. The minimum absolute atomic E-state index is 0.109. The Labute approximate surface area is 235 Å². The molecule has 2 amide bonds. The molecule has 0 unspecified atom stereocenters. The molecule has 4 heterocycles. The van der Waals surface area contributed by atoms with Crippen molar-refractivity contribution in [1.82, 2.24) is 15.3 Å². The van der Waals surface area contributed by atoms with E-state index in [9.17, 15) is 18.4 Å². The largest absolute Gasteiger partial charge is 0.384 e. The molecule has 1 spiro atoms. The van der Waals surface area contributed by atoms with Crippen LogP contribution in [0.3, 0.4) is 0 Å². The second kappa shape index (κ2) is 10.3. The number of nitrogen functional groups attached to an aromatic ring is 1. The number of para-hydroxylation sites is 1. The Hall–Kier alpha value is -3.79. The number of alkyl halides is 2. The minimum atomic E-state index is -2.87. The maximum atomic E-state index is 13.9. The Morgan fingerprint density at radius 2 is 1.88 bits per heavy atom. The Morgan fingerprint density at radius 3 is 2.60 bits per heavy atom. The number of rotatable bonds is 6. The van der Waals surface area contributed by atoms with Gasteiger partial charge in [-0.05, 0) is 61.4 Å². The van der Waals surface area contributed by atoms with Crippen LogP contribution in [0.5, 0.6) is 0 Å². The quantitative estimate of drug-likeness (QED) is 0.446. The van der Waals surface area contributed by atoms with Crippen molar-refractivity contribution in [2.45, 2.75) is 43.6 Å². The second-order valence-corrected chi connectivity index (χ2v) is 11.3. The molecule has 2 aliphatic heterocycles. The number of anilines is 3. The Morgan fingerprint density at radius 1 is 1.12 bits per heavy atom. The van der Waals surface area contributed by atoms with Crippen LogP contribution in [-0.4, -0.2) is 47.5 Å². The highest BCUT2D eigenvalue weighted by atomic mass is 35.5. The molecule has 8 nitrogen and oxygen atoms in total. The van der Waals surface area contributed by atoms with E-state index in [2.05, 4.69) is 20.2 Å². The van der Waals surface area contributed by atoms with E-state index in [-0.39, 0.29) is 28.5 Å². The average molecular weight is 567 g/mol. The van der Waals surface area contributed by atoms with Gasteiger partial charge in [0.15, 0.2) is 0 Å². The van der Waals surface area contributed by atoms with Gasteiger partial charge in [-0.1, -0.05) is 35.9 Å². The number of nitrogens with two attached hydrogens (primary N) is 1. The van der Waals surface area contributed by atoms with Crippen molar-refractivity contribution in [1.29, 1.82) is 0 Å². The SMILES string of the molecule is Nc1cccc(N2CC3(C2)C(=O)N(CC2CCC(NC(=O)c4cc(Cl)cnc4C(F)F)CC2)c2ccccc23)n1. The van der Waals surface area contributed by atoms with Gasteiger partial charge in [0.25, 0.3) is 12.3 Å². The van der Waals surface area contributed by atoms with Crippen LogP contribution < -0.4 is 20.9 Å². The summed E-state index contributed by atoms with van der Waals surface area (Å²) in [5.74, 6) is 0.991. The van der Waals surface area contributed by atoms with Gasteiger partial charge in [0, 0.05) is 37.6 Å². The molecule has 0 radical (unpaired) electrons. The summed E-state index contributed by atoms with van der Waals surface area (Å²) in [7, 11) is 0. The summed E-state index contributed by atoms with van der Waals surface area (Å²) in [6.45, 7) is 1.70. The van der Waals surface area contributed by atoms with Gasteiger partial charge >= 0.3 is 0 Å². The fourth-order valence-electron chi connectivity index (χ4n) is 6.28. The number of hydrogen-bond acceptors (Lipinski definition) is 6. The summed E-state index contributed by atoms with van der Waals surface area (Å²) < 4.78 is 26.7. The van der Waals surface area contributed by atoms with Gasteiger partial charge in [-0.15, -0.1) is 0 Å². The molecule has 208 valence electrons. The Bertz CT molecular complexity index is 1460. The van der Waals surface area contributed by atoms with E-state index in [1.54, 1.807) is 6.07 Å². The first-order valence-corrected chi connectivity index (χ1v) is 13.8. The predicted molar refractivity (Wildman–Crippen MR) is 149 cm³/mol. The number of pyridine rings is 2. The zero-order chi connectivity index (χ0) is 28.0. The summed E-state index contributed by atoms with van der Waals surface area (Å²) in [6.07, 6.45) is 1.23. The van der Waals surface area contributed by atoms with Gasteiger partial charge < -0.3 is 20.9 Å². The monoisotopic (exact) mass is 566 g/mol. The molecule has 6 rings (SSSR count). The Kier molecular flexibility index (Phi) is 6.82. The van der Waals surface area contributed by atoms with Gasteiger partial charge in [-0.3, -0.25) is 14.6 Å². The number of benzene rings is 1. The third-order valence-electron chi connectivity index (χ3n) is 8.33. The highest BCUT2D eigenvalue weighted by Gasteiger charge is 2.58. The Balaban J connectivity index is 1.10. The van der Waals surface area contributed by atoms with Crippen LogP contribution in [0.15, 0.2) is 54.7 Å². The van der Waals surface area contributed by atoms with E-state index in [1.807, 2.05) is 41.3 Å². The number of carbonyl (C=O) groups excluding carboxylic acids is 2. The van der Waals surface area contributed by atoms with Crippen LogP contribution in [-0.2, 0) is 10.2 Å². The van der Waals surface area contributed by atoms with Crippen molar-refractivity contribution < 1.29 is 18.4 Å². The lowest BCUT2D eigenvalue weighted by Crippen LogP contribution is -2.64. The zero-order valence-corrected chi connectivity index (χ0v) is 22.5. The van der Waals surface area contributed by atoms with Gasteiger partial charge in [0.1, 0.15) is 22.7 Å². The number of nitrogens with zero attached hydrogens (tertiary/aromatic N) is 4. The third kappa shape index (κ3) is 4.64. The molecular weight excluding hydrogens is 538 g/mol. The average Bonchev–Trinajstić information content (AvgIpc) is 3.16. The number of aromatic nitrogens is 2. The van der Waals surface area contributed by atoms with Crippen molar-refractivity contribution >= 4 is 40.7 Å². The van der Waals surface area contributed by atoms with Crippen molar-refractivity contribution in [2.75, 3.05) is 35.2 Å². The van der Waals surface area contributed by atoms with E-state index < -0.39 is 23.4 Å². The molecule has 0 bridgehead atoms. The fourth-order valence-corrected chi connectivity index (χ4v) is 6.44. The number of fused-ring (bicyclic) bond motifs is 2. The van der Waals surface area contributed by atoms with Crippen LogP contribution in [0.25, 0.3) is 0 Å². The molecular formula is C29H29ClF2N6O2. The number of nitrogens with one attached hydrogen (secondary N) is 1. The van der Waals surface area contributed by atoms with Gasteiger partial charge in [-0.2, -0.15) is 0 Å². The highest BCUT2D eigenvalue weighted by molar-refractivity contribution is 6.30. The molecule has 40 heavy (non-hydrogen) atoms. The zero-order valence-electron chi connectivity index (χ0n) is 21.7. The molecule has 1 aromatic carbocycles. The van der Waals surface area contributed by atoms with Crippen molar-refractivity contribution in [2.24, 2.45) is 5.92 Å². The van der Waals surface area contributed by atoms with E-state index in [1.165, 1.54) is 6.07 Å². The molecule has 2 aromatic heterocycles. The second-order valence-electron chi connectivity index (χ2n) is 10.9.